The predicted octanol–water partition coefficient (Wildman–Crippen LogP) is 2.77. The van der Waals surface area contributed by atoms with Gasteiger partial charge in [-0.2, -0.15) is 4.99 Å². The van der Waals surface area contributed by atoms with E-state index in [-0.39, 0.29) is 17.0 Å². The number of methoxy groups -OCH3 is 1. The second-order valence-electron chi connectivity index (χ2n) is 2.98. The van der Waals surface area contributed by atoms with Crippen molar-refractivity contribution in [3.63, 3.8) is 0 Å². The Morgan fingerprint density at radius 2 is 2.13 bits per heavy atom. The summed E-state index contributed by atoms with van der Waals surface area (Å²) in [4.78, 5) is 13.2. The lowest BCUT2D eigenvalue weighted by Gasteiger charge is -2.14. The van der Waals surface area contributed by atoms with Crippen LogP contribution in [-0.2, 0) is 10.7 Å². The molecule has 0 saturated heterocycles. The van der Waals surface area contributed by atoms with Crippen molar-refractivity contribution in [3.05, 3.63) is 23.8 Å². The molecule has 0 spiro atoms. The molecule has 1 aromatic carbocycles. The minimum atomic E-state index is -3.04. The molecule has 1 rings (SSSR count). The van der Waals surface area contributed by atoms with Gasteiger partial charge in [-0.3, -0.25) is 0 Å². The van der Waals surface area contributed by atoms with Crippen molar-refractivity contribution in [2.24, 2.45) is 4.99 Å². The Hall–Kier alpha value is -1.74. The van der Waals surface area contributed by atoms with E-state index in [9.17, 15) is 13.6 Å². The molecule has 3 nitrogen and oxygen atoms in total. The van der Waals surface area contributed by atoms with Gasteiger partial charge in [-0.05, 0) is 18.2 Å². The number of rotatable bonds is 3. The molecule has 0 unspecified atom stereocenters. The zero-order valence-electron chi connectivity index (χ0n) is 8.25. The molecule has 1 aromatic rings. The van der Waals surface area contributed by atoms with E-state index in [4.69, 9.17) is 4.74 Å². The van der Waals surface area contributed by atoms with Crippen LogP contribution in [0.4, 0.5) is 14.5 Å². The minimum absolute atomic E-state index is 0.0624. The van der Waals surface area contributed by atoms with Gasteiger partial charge in [0.2, 0.25) is 6.08 Å². The summed E-state index contributed by atoms with van der Waals surface area (Å²) in [6, 6.07) is 3.84. The van der Waals surface area contributed by atoms with Crippen LogP contribution in [0.2, 0.25) is 0 Å². The second kappa shape index (κ2) is 4.19. The number of nitrogens with zero attached hydrogens (tertiary/aromatic N) is 1. The van der Waals surface area contributed by atoms with E-state index in [0.717, 1.165) is 13.0 Å². The molecule has 0 heterocycles. The fourth-order valence-electron chi connectivity index (χ4n) is 1.16. The second-order valence-corrected chi connectivity index (χ2v) is 2.98. The molecule has 0 bridgehead atoms. The smallest absolute Gasteiger partial charge is 0.274 e. The predicted molar refractivity (Wildman–Crippen MR) is 50.3 cm³/mol. The molecule has 0 aromatic heterocycles. The monoisotopic (exact) mass is 213 g/mol. The van der Waals surface area contributed by atoms with Gasteiger partial charge >= 0.3 is 0 Å². The van der Waals surface area contributed by atoms with Crippen LogP contribution in [0.15, 0.2) is 23.2 Å². The summed E-state index contributed by atoms with van der Waals surface area (Å²) >= 11 is 0. The van der Waals surface area contributed by atoms with Crippen molar-refractivity contribution < 1.29 is 18.3 Å². The van der Waals surface area contributed by atoms with E-state index in [0.29, 0.717) is 0 Å². The normalized spacial score (nSPS) is 10.7. The number of isocyanates is 1. The number of ether oxygens (including phenoxy) is 1. The maximum absolute atomic E-state index is 13.1. The molecule has 0 fully saturated rings. The SMILES string of the molecule is COc1ccc(N=C=O)cc1C(C)(F)F. The van der Waals surface area contributed by atoms with Gasteiger partial charge in [0.05, 0.1) is 18.4 Å². The maximum Gasteiger partial charge on any atom is 0.274 e. The third kappa shape index (κ3) is 2.60. The third-order valence-corrected chi connectivity index (χ3v) is 1.83. The number of aliphatic imine (C=N–C) groups is 1. The lowest BCUT2D eigenvalue weighted by atomic mass is 10.1. The molecule has 80 valence electrons. The van der Waals surface area contributed by atoms with Gasteiger partial charge in [-0.25, -0.2) is 13.6 Å². The summed E-state index contributed by atoms with van der Waals surface area (Å²) in [5.41, 5.74) is -0.177. The zero-order chi connectivity index (χ0) is 11.5. The minimum Gasteiger partial charge on any atom is -0.496 e. The average molecular weight is 213 g/mol. The molecular formula is C10H9F2NO2. The fourth-order valence-corrected chi connectivity index (χ4v) is 1.16. The van der Waals surface area contributed by atoms with Crippen LogP contribution in [0.25, 0.3) is 0 Å². The Bertz CT molecular complexity index is 406. The first-order valence-corrected chi connectivity index (χ1v) is 4.13. The van der Waals surface area contributed by atoms with Crippen LogP contribution < -0.4 is 4.74 Å². The Kier molecular flexibility index (Phi) is 3.17. The molecule has 0 amide bonds. The van der Waals surface area contributed by atoms with E-state index < -0.39 is 5.92 Å². The summed E-state index contributed by atoms with van der Waals surface area (Å²) in [5, 5.41) is 0. The average Bonchev–Trinajstić information content (AvgIpc) is 2.17. The number of carbonyl (C=O) groups excluding carboxylic acids is 1. The molecule has 0 aliphatic rings. The number of benzene rings is 1. The first-order chi connectivity index (χ1) is 6.99. The Labute approximate surface area is 85.4 Å². The van der Waals surface area contributed by atoms with Crippen LogP contribution in [0.1, 0.15) is 12.5 Å². The van der Waals surface area contributed by atoms with Crippen molar-refractivity contribution in [2.45, 2.75) is 12.8 Å². The highest BCUT2D eigenvalue weighted by Crippen LogP contribution is 2.36. The van der Waals surface area contributed by atoms with Crippen molar-refractivity contribution in [1.82, 2.24) is 0 Å². The topological polar surface area (TPSA) is 38.7 Å². The van der Waals surface area contributed by atoms with Crippen LogP contribution >= 0.6 is 0 Å². The van der Waals surface area contributed by atoms with E-state index in [1.165, 1.54) is 25.3 Å². The van der Waals surface area contributed by atoms with Gasteiger partial charge in [-0.15, -0.1) is 0 Å². The van der Waals surface area contributed by atoms with Crippen LogP contribution in [0, 0.1) is 0 Å². The van der Waals surface area contributed by atoms with E-state index in [1.807, 2.05) is 0 Å². The van der Waals surface area contributed by atoms with Gasteiger partial charge in [0.25, 0.3) is 5.92 Å². The molecule has 0 aliphatic heterocycles. The lowest BCUT2D eigenvalue weighted by molar-refractivity contribution is 0.0151. The van der Waals surface area contributed by atoms with Crippen LogP contribution in [-0.4, -0.2) is 13.2 Å². The number of halogens is 2. The molecule has 0 radical (unpaired) electrons. The highest BCUT2D eigenvalue weighted by molar-refractivity contribution is 5.54. The van der Waals surface area contributed by atoms with Crippen molar-refractivity contribution in [2.75, 3.05) is 7.11 Å². The molecule has 15 heavy (non-hydrogen) atoms. The van der Waals surface area contributed by atoms with E-state index in [2.05, 4.69) is 4.99 Å². The Morgan fingerprint density at radius 3 is 2.60 bits per heavy atom. The Morgan fingerprint density at radius 1 is 1.47 bits per heavy atom. The summed E-state index contributed by atoms with van der Waals surface area (Å²) in [5.74, 6) is -2.98. The number of alkyl halides is 2. The van der Waals surface area contributed by atoms with Gasteiger partial charge in [-0.1, -0.05) is 0 Å². The summed E-state index contributed by atoms with van der Waals surface area (Å²) < 4.78 is 31.0. The standard InChI is InChI=1S/C10H9F2NO2/c1-10(11,12)8-5-7(13-6-14)3-4-9(8)15-2/h3-5H,1-2H3. The summed E-state index contributed by atoms with van der Waals surface area (Å²) in [7, 11) is 1.30. The molecular weight excluding hydrogens is 204 g/mol. The zero-order valence-corrected chi connectivity index (χ0v) is 8.25. The fraction of sp³-hybridized carbons (Fsp3) is 0.300. The highest BCUT2D eigenvalue weighted by atomic mass is 19.3. The third-order valence-electron chi connectivity index (χ3n) is 1.83. The summed E-state index contributed by atoms with van der Waals surface area (Å²) in [6.07, 6.45) is 1.29. The van der Waals surface area contributed by atoms with Crippen molar-refractivity contribution >= 4 is 11.8 Å². The molecule has 0 N–H and O–H groups in total. The van der Waals surface area contributed by atoms with Gasteiger partial charge in [0.15, 0.2) is 0 Å². The molecule has 5 heteroatoms. The van der Waals surface area contributed by atoms with Crippen molar-refractivity contribution in [3.8, 4) is 5.75 Å². The Balaban J connectivity index is 3.31. The van der Waals surface area contributed by atoms with Gasteiger partial charge in [0.1, 0.15) is 5.75 Å². The maximum atomic E-state index is 13.1. The quantitative estimate of drug-likeness (QED) is 0.572. The summed E-state index contributed by atoms with van der Waals surface area (Å²) in [6.45, 7) is 0.749. The first-order valence-electron chi connectivity index (χ1n) is 4.13. The van der Waals surface area contributed by atoms with Crippen LogP contribution in [0.5, 0.6) is 5.75 Å². The molecule has 0 atom stereocenters. The van der Waals surface area contributed by atoms with Crippen molar-refractivity contribution in [1.29, 1.82) is 0 Å². The largest absolute Gasteiger partial charge is 0.496 e. The first kappa shape index (κ1) is 11.3. The lowest BCUT2D eigenvalue weighted by Crippen LogP contribution is -2.08. The van der Waals surface area contributed by atoms with Gasteiger partial charge in [0, 0.05) is 6.92 Å². The number of hydrogen-bond acceptors (Lipinski definition) is 3. The number of hydrogen-bond donors (Lipinski definition) is 0. The van der Waals surface area contributed by atoms with E-state index >= 15 is 0 Å². The highest BCUT2D eigenvalue weighted by Gasteiger charge is 2.28. The van der Waals surface area contributed by atoms with E-state index in [1.54, 1.807) is 0 Å². The molecule has 0 saturated carbocycles. The van der Waals surface area contributed by atoms with Gasteiger partial charge < -0.3 is 4.74 Å². The molecule has 0 aliphatic carbocycles. The van der Waals surface area contributed by atoms with Crippen LogP contribution in [0.3, 0.4) is 0 Å².